The van der Waals surface area contributed by atoms with E-state index in [1.54, 1.807) is 24.3 Å². The summed E-state index contributed by atoms with van der Waals surface area (Å²) in [4.78, 5) is 37.7. The molecule has 1 saturated heterocycles. The Hall–Kier alpha value is -3.48. The Labute approximate surface area is 179 Å². The van der Waals surface area contributed by atoms with Crippen molar-refractivity contribution in [1.82, 2.24) is 4.90 Å². The molecule has 162 valence electrons. The molecule has 0 aliphatic carbocycles. The number of aliphatic hydroxyl groups excluding tert-OH is 1. The summed E-state index contributed by atoms with van der Waals surface area (Å²) in [7, 11) is 0. The molecule has 2 N–H and O–H groups in total. The van der Waals surface area contributed by atoms with Crippen LogP contribution in [0.4, 0.5) is 4.39 Å². The first-order valence-corrected chi connectivity index (χ1v) is 10.1. The number of rotatable bonds is 8. The van der Waals surface area contributed by atoms with Crippen LogP contribution in [0.5, 0.6) is 0 Å². The summed E-state index contributed by atoms with van der Waals surface area (Å²) in [5.41, 5.74) is 1.87. The van der Waals surface area contributed by atoms with Crippen LogP contribution in [0.1, 0.15) is 48.4 Å². The van der Waals surface area contributed by atoms with Crippen molar-refractivity contribution in [1.29, 1.82) is 0 Å². The smallest absolute Gasteiger partial charge is 0.303 e. The molecule has 0 spiro atoms. The lowest BCUT2D eigenvalue weighted by Crippen LogP contribution is -2.30. The Kier molecular flexibility index (Phi) is 6.84. The first-order chi connectivity index (χ1) is 14.8. The molecule has 1 heterocycles. The maximum absolute atomic E-state index is 13.5. The second-order valence-electron chi connectivity index (χ2n) is 7.61. The van der Waals surface area contributed by atoms with Crippen molar-refractivity contribution < 1.29 is 29.0 Å². The van der Waals surface area contributed by atoms with Crippen LogP contribution >= 0.6 is 0 Å². The number of aliphatic hydroxyl groups is 1. The number of nitrogens with zero attached hydrogens (tertiary/aromatic N) is 1. The van der Waals surface area contributed by atoms with E-state index in [1.165, 1.54) is 29.2 Å². The van der Waals surface area contributed by atoms with Gasteiger partial charge >= 0.3 is 5.97 Å². The lowest BCUT2D eigenvalue weighted by Gasteiger charge is -2.25. The van der Waals surface area contributed by atoms with Crippen LogP contribution in [0.3, 0.4) is 0 Å². The lowest BCUT2D eigenvalue weighted by atomic mass is 9.95. The number of hydrogen-bond acceptors (Lipinski definition) is 4. The van der Waals surface area contributed by atoms with Crippen molar-refractivity contribution in [2.45, 2.75) is 38.6 Å². The summed E-state index contributed by atoms with van der Waals surface area (Å²) in [6.45, 7) is 2.11. The van der Waals surface area contributed by atoms with E-state index in [4.69, 9.17) is 5.11 Å². The normalized spacial score (nSPS) is 17.9. The van der Waals surface area contributed by atoms with Crippen molar-refractivity contribution in [2.75, 3.05) is 6.54 Å². The zero-order valence-electron chi connectivity index (χ0n) is 17.2. The molecule has 2 aromatic rings. The number of carboxylic acids is 1. The van der Waals surface area contributed by atoms with Gasteiger partial charge in [0.25, 0.3) is 11.7 Å². The van der Waals surface area contributed by atoms with Crippen molar-refractivity contribution in [3.8, 4) is 0 Å². The number of carbonyl (C=O) groups is 3. The predicted molar refractivity (Wildman–Crippen MR) is 113 cm³/mol. The topological polar surface area (TPSA) is 94.9 Å². The second-order valence-corrected chi connectivity index (χ2v) is 7.61. The van der Waals surface area contributed by atoms with Crippen LogP contribution in [0.15, 0.2) is 54.1 Å². The molecular weight excluding hydrogens is 401 g/mol. The number of Topliss-reactive ketones (excluding diaryl/α,β-unsaturated/α-hetero) is 1. The van der Waals surface area contributed by atoms with Crippen LogP contribution in [0.25, 0.3) is 5.76 Å². The van der Waals surface area contributed by atoms with Gasteiger partial charge < -0.3 is 15.1 Å². The molecule has 1 aliphatic rings. The molecule has 7 heteroatoms. The molecule has 3 rings (SSSR count). The average Bonchev–Trinajstić information content (AvgIpc) is 2.99. The van der Waals surface area contributed by atoms with Crippen LogP contribution in [-0.2, 0) is 14.4 Å². The van der Waals surface area contributed by atoms with E-state index in [2.05, 4.69) is 0 Å². The Bertz CT molecular complexity index is 1010. The van der Waals surface area contributed by atoms with Gasteiger partial charge in [0.1, 0.15) is 11.6 Å². The third kappa shape index (κ3) is 4.99. The maximum Gasteiger partial charge on any atom is 0.303 e. The molecule has 0 unspecified atom stereocenters. The third-order valence-electron chi connectivity index (χ3n) is 5.34. The van der Waals surface area contributed by atoms with E-state index in [9.17, 15) is 23.9 Å². The number of hydrogen-bond donors (Lipinski definition) is 2. The SMILES string of the molecule is Cc1ccc(C(O)=C2C(=O)C(=O)N(CCCCCC(=O)O)[C@@H]2c2ccc(F)cc2)cc1. The molecule has 0 aromatic heterocycles. The highest BCUT2D eigenvalue weighted by molar-refractivity contribution is 6.46. The van der Waals surface area contributed by atoms with Gasteiger partial charge in [0.2, 0.25) is 0 Å². The fourth-order valence-corrected chi connectivity index (χ4v) is 3.70. The summed E-state index contributed by atoms with van der Waals surface area (Å²) in [6.07, 6.45) is 1.57. The van der Waals surface area contributed by atoms with Gasteiger partial charge in [-0.3, -0.25) is 14.4 Å². The standard InChI is InChI=1S/C24H24FNO5/c1-15-6-8-17(9-7-15)22(29)20-21(16-10-12-18(25)13-11-16)26(24(31)23(20)30)14-4-2-3-5-19(27)28/h6-13,21,29H,2-5,14H2,1H3,(H,27,28)/t21-/m1/s1. The third-order valence-corrected chi connectivity index (χ3v) is 5.34. The highest BCUT2D eigenvalue weighted by atomic mass is 19.1. The molecule has 1 amide bonds. The van der Waals surface area contributed by atoms with Crippen LogP contribution in [0.2, 0.25) is 0 Å². The van der Waals surface area contributed by atoms with Gasteiger partial charge in [0.15, 0.2) is 0 Å². The minimum absolute atomic E-state index is 0.0353. The van der Waals surface area contributed by atoms with Crippen LogP contribution in [-0.4, -0.2) is 39.3 Å². The molecule has 0 radical (unpaired) electrons. The van der Waals surface area contributed by atoms with E-state index < -0.39 is 29.5 Å². The molecule has 0 saturated carbocycles. The number of amides is 1. The summed E-state index contributed by atoms with van der Waals surface area (Å²) < 4.78 is 13.5. The number of benzene rings is 2. The predicted octanol–water partition coefficient (Wildman–Crippen LogP) is 4.20. The molecule has 2 aromatic carbocycles. The highest BCUT2D eigenvalue weighted by Crippen LogP contribution is 2.39. The number of likely N-dealkylation sites (tertiary alicyclic amines) is 1. The van der Waals surface area contributed by atoms with Gasteiger partial charge in [-0.15, -0.1) is 0 Å². The quantitative estimate of drug-likeness (QED) is 0.286. The second kappa shape index (κ2) is 9.55. The van der Waals surface area contributed by atoms with E-state index in [-0.39, 0.29) is 24.3 Å². The zero-order valence-corrected chi connectivity index (χ0v) is 17.2. The summed E-state index contributed by atoms with van der Waals surface area (Å²) in [5.74, 6) is -3.14. The van der Waals surface area contributed by atoms with E-state index in [0.29, 0.717) is 30.4 Å². The number of ketones is 1. The largest absolute Gasteiger partial charge is 0.507 e. The maximum atomic E-state index is 13.5. The Balaban J connectivity index is 1.96. The number of aliphatic carboxylic acids is 1. The summed E-state index contributed by atoms with van der Waals surface area (Å²) in [6, 6.07) is 11.6. The van der Waals surface area contributed by atoms with Crippen LogP contribution < -0.4 is 0 Å². The number of carboxylic acid groups (broad SMARTS) is 1. The zero-order chi connectivity index (χ0) is 22.5. The number of halogens is 1. The molecule has 1 atom stereocenters. The summed E-state index contributed by atoms with van der Waals surface area (Å²) in [5, 5.41) is 19.7. The van der Waals surface area contributed by atoms with Gasteiger partial charge in [-0.2, -0.15) is 0 Å². The van der Waals surface area contributed by atoms with E-state index in [1.807, 2.05) is 6.92 Å². The average molecular weight is 425 g/mol. The molecular formula is C24H24FNO5. The number of aryl methyl sites for hydroxylation is 1. The van der Waals surface area contributed by atoms with Crippen molar-refractivity contribution in [2.24, 2.45) is 0 Å². The van der Waals surface area contributed by atoms with Crippen LogP contribution in [0, 0.1) is 12.7 Å². The Morgan fingerprint density at radius 2 is 1.61 bits per heavy atom. The van der Waals surface area contributed by atoms with Gasteiger partial charge in [-0.25, -0.2) is 4.39 Å². The molecule has 1 fully saturated rings. The van der Waals surface area contributed by atoms with Crippen molar-refractivity contribution in [3.63, 3.8) is 0 Å². The first kappa shape index (κ1) is 22.2. The Morgan fingerprint density at radius 1 is 0.968 bits per heavy atom. The van der Waals surface area contributed by atoms with Crippen molar-refractivity contribution >= 4 is 23.4 Å². The lowest BCUT2D eigenvalue weighted by molar-refractivity contribution is -0.140. The fraction of sp³-hybridized carbons (Fsp3) is 0.292. The van der Waals surface area contributed by atoms with Gasteiger partial charge in [-0.1, -0.05) is 48.4 Å². The molecule has 1 aliphatic heterocycles. The first-order valence-electron chi connectivity index (χ1n) is 10.1. The number of carbonyl (C=O) groups excluding carboxylic acids is 2. The molecule has 0 bridgehead atoms. The van der Waals surface area contributed by atoms with Gasteiger partial charge in [0.05, 0.1) is 11.6 Å². The summed E-state index contributed by atoms with van der Waals surface area (Å²) >= 11 is 0. The molecule has 31 heavy (non-hydrogen) atoms. The van der Waals surface area contributed by atoms with E-state index >= 15 is 0 Å². The number of unbranched alkanes of at least 4 members (excludes halogenated alkanes) is 2. The minimum atomic E-state index is -0.884. The highest BCUT2D eigenvalue weighted by Gasteiger charge is 2.45. The van der Waals surface area contributed by atoms with Crippen molar-refractivity contribution in [3.05, 3.63) is 76.6 Å². The monoisotopic (exact) mass is 425 g/mol. The minimum Gasteiger partial charge on any atom is -0.507 e. The van der Waals surface area contributed by atoms with Gasteiger partial charge in [-0.05, 0) is 37.5 Å². The van der Waals surface area contributed by atoms with Gasteiger partial charge in [0, 0.05) is 18.5 Å². The Morgan fingerprint density at radius 3 is 2.23 bits per heavy atom. The van der Waals surface area contributed by atoms with E-state index in [0.717, 1.165) is 5.56 Å². The molecule has 6 nitrogen and oxygen atoms in total. The fourth-order valence-electron chi connectivity index (χ4n) is 3.70.